The number of nitrogens with one attached hydrogen (secondary N) is 1. The number of methoxy groups -OCH3 is 1. The molecule has 0 atom stereocenters. The number of carbonyl (C=O) groups excluding carboxylic acids is 1. The van der Waals surface area contributed by atoms with E-state index in [1.54, 1.807) is 13.3 Å². The molecule has 2 aromatic carbocycles. The molecule has 0 fully saturated rings. The summed E-state index contributed by atoms with van der Waals surface area (Å²) >= 11 is 0. The van der Waals surface area contributed by atoms with E-state index in [1.165, 1.54) is 29.8 Å². The van der Waals surface area contributed by atoms with Gasteiger partial charge in [-0.05, 0) is 63.1 Å². The monoisotopic (exact) mass is 409 g/mol. The Balaban J connectivity index is 1.89. The van der Waals surface area contributed by atoms with Gasteiger partial charge in [0.2, 0.25) is 0 Å². The number of hydrogen-bond acceptors (Lipinski definition) is 4. The fourth-order valence-electron chi connectivity index (χ4n) is 3.86. The van der Waals surface area contributed by atoms with Crippen LogP contribution in [-0.2, 0) is 0 Å². The van der Waals surface area contributed by atoms with Gasteiger partial charge in [-0.15, -0.1) is 0 Å². The predicted molar refractivity (Wildman–Crippen MR) is 120 cm³/mol. The second-order valence-electron chi connectivity index (χ2n) is 7.95. The lowest BCUT2D eigenvalue weighted by molar-refractivity contribution is 0.0955. The van der Waals surface area contributed by atoms with Gasteiger partial charge in [-0.2, -0.15) is 5.10 Å². The maximum absolute atomic E-state index is 13.0. The smallest absolute Gasteiger partial charge is 0.271 e. The number of hydrogen-bond donors (Lipinski definition) is 1. The lowest BCUT2D eigenvalue weighted by Crippen LogP contribution is -2.45. The van der Waals surface area contributed by atoms with Crippen LogP contribution in [-0.4, -0.2) is 31.3 Å². The van der Waals surface area contributed by atoms with E-state index in [-0.39, 0.29) is 5.54 Å². The van der Waals surface area contributed by atoms with Crippen LogP contribution in [0.5, 0.6) is 5.75 Å². The Morgan fingerprint density at radius 3 is 2.60 bits per heavy atom. The Bertz CT molecular complexity index is 994. The van der Waals surface area contributed by atoms with Gasteiger partial charge in [-0.1, -0.05) is 13.0 Å². The minimum atomic E-state index is -0.407. The number of ether oxygens (including phenoxy) is 1. The van der Waals surface area contributed by atoms with Crippen LogP contribution < -0.4 is 15.1 Å². The Labute approximate surface area is 177 Å². The van der Waals surface area contributed by atoms with Crippen LogP contribution in [0.25, 0.3) is 5.57 Å². The number of benzene rings is 2. The van der Waals surface area contributed by atoms with E-state index < -0.39 is 11.7 Å². The number of allylic oxidation sites excluding steroid dienone is 1. The number of anilines is 1. The number of carbonyl (C=O) groups is 1. The van der Waals surface area contributed by atoms with Gasteiger partial charge in [-0.3, -0.25) is 4.79 Å². The molecule has 2 aromatic rings. The second-order valence-corrected chi connectivity index (χ2v) is 7.95. The molecular formula is C24H28FN3O2. The number of amides is 1. The predicted octanol–water partition coefficient (Wildman–Crippen LogP) is 5.01. The molecule has 0 radical (unpaired) electrons. The van der Waals surface area contributed by atoms with Crippen LogP contribution in [0.2, 0.25) is 0 Å². The van der Waals surface area contributed by atoms with Crippen LogP contribution in [0.15, 0.2) is 47.6 Å². The third-order valence-electron chi connectivity index (χ3n) is 5.25. The first-order valence-corrected chi connectivity index (χ1v) is 10.0. The van der Waals surface area contributed by atoms with E-state index in [4.69, 9.17) is 4.74 Å². The Kier molecular flexibility index (Phi) is 6.25. The first kappa shape index (κ1) is 21.6. The van der Waals surface area contributed by atoms with E-state index in [0.717, 1.165) is 29.8 Å². The van der Waals surface area contributed by atoms with Crippen LogP contribution in [0.3, 0.4) is 0 Å². The molecule has 1 amide bonds. The summed E-state index contributed by atoms with van der Waals surface area (Å²) in [6.45, 7) is 9.63. The normalized spacial score (nSPS) is 15.0. The van der Waals surface area contributed by atoms with Crippen LogP contribution in [0, 0.1) is 5.82 Å². The van der Waals surface area contributed by atoms with Crippen molar-refractivity contribution in [3.63, 3.8) is 0 Å². The van der Waals surface area contributed by atoms with Crippen molar-refractivity contribution in [3.8, 4) is 5.75 Å². The molecule has 1 aliphatic rings. The minimum Gasteiger partial charge on any atom is -0.496 e. The average Bonchev–Trinajstić information content (AvgIpc) is 2.71. The molecule has 0 saturated carbocycles. The van der Waals surface area contributed by atoms with Crippen molar-refractivity contribution in [1.29, 1.82) is 0 Å². The summed E-state index contributed by atoms with van der Waals surface area (Å²) in [5, 5.41) is 4.08. The summed E-state index contributed by atoms with van der Waals surface area (Å²) in [7, 11) is 1.62. The van der Waals surface area contributed by atoms with E-state index >= 15 is 0 Å². The molecule has 158 valence electrons. The van der Waals surface area contributed by atoms with Gasteiger partial charge in [0.25, 0.3) is 5.91 Å². The number of hydrazone groups is 1. The third kappa shape index (κ3) is 4.37. The SMILES string of the molecule is CCCN1c2cc(OC)c(/C=N\NC(=O)c3ccc(F)cc3)cc2C(C)=CC1(C)C. The Morgan fingerprint density at radius 2 is 1.97 bits per heavy atom. The largest absolute Gasteiger partial charge is 0.496 e. The molecule has 0 spiro atoms. The molecule has 3 rings (SSSR count). The van der Waals surface area contributed by atoms with E-state index in [1.807, 2.05) is 12.1 Å². The van der Waals surface area contributed by atoms with Gasteiger partial charge in [0.1, 0.15) is 11.6 Å². The molecule has 0 unspecified atom stereocenters. The number of fused-ring (bicyclic) bond motifs is 1. The second kappa shape index (κ2) is 8.69. The fourth-order valence-corrected chi connectivity index (χ4v) is 3.86. The molecule has 30 heavy (non-hydrogen) atoms. The molecule has 0 aliphatic carbocycles. The lowest BCUT2D eigenvalue weighted by atomic mass is 9.87. The molecular weight excluding hydrogens is 381 g/mol. The van der Waals surface area contributed by atoms with Gasteiger partial charge in [-0.25, -0.2) is 9.82 Å². The Morgan fingerprint density at radius 1 is 1.27 bits per heavy atom. The summed E-state index contributed by atoms with van der Waals surface area (Å²) in [4.78, 5) is 14.6. The molecule has 1 N–H and O–H groups in total. The highest BCUT2D eigenvalue weighted by Crippen LogP contribution is 2.41. The molecule has 1 heterocycles. The van der Waals surface area contributed by atoms with Crippen molar-refractivity contribution in [2.75, 3.05) is 18.6 Å². The van der Waals surface area contributed by atoms with Gasteiger partial charge in [0.05, 0.1) is 18.9 Å². The van der Waals surface area contributed by atoms with E-state index in [2.05, 4.69) is 49.2 Å². The molecule has 0 bridgehead atoms. The first-order chi connectivity index (χ1) is 14.3. The maximum atomic E-state index is 13.0. The molecule has 0 saturated heterocycles. The number of halogens is 1. The number of rotatable bonds is 6. The first-order valence-electron chi connectivity index (χ1n) is 10.0. The van der Waals surface area contributed by atoms with Crippen molar-refractivity contribution in [1.82, 2.24) is 5.43 Å². The van der Waals surface area contributed by atoms with Crippen LogP contribution >= 0.6 is 0 Å². The van der Waals surface area contributed by atoms with Gasteiger partial charge in [0, 0.05) is 35.0 Å². The zero-order chi connectivity index (χ0) is 21.9. The van der Waals surface area contributed by atoms with Crippen molar-refractivity contribution < 1.29 is 13.9 Å². The Hall–Kier alpha value is -3.15. The van der Waals surface area contributed by atoms with Crippen molar-refractivity contribution >= 4 is 23.4 Å². The summed E-state index contributed by atoms with van der Waals surface area (Å²) in [5.41, 5.74) is 6.93. The summed E-state index contributed by atoms with van der Waals surface area (Å²) in [6.07, 6.45) is 4.88. The third-order valence-corrected chi connectivity index (χ3v) is 5.25. The molecule has 0 aromatic heterocycles. The summed E-state index contributed by atoms with van der Waals surface area (Å²) in [6, 6.07) is 9.38. The standard InChI is InChI=1S/C24H28FN3O2/c1-6-11-28-21-13-22(30-5)18(12-20(21)16(2)14-24(28,3)4)15-26-27-23(29)17-7-9-19(25)10-8-17/h7-10,12-15H,6,11H2,1-5H3,(H,27,29)/b26-15-. The zero-order valence-electron chi connectivity index (χ0n) is 18.1. The maximum Gasteiger partial charge on any atom is 0.271 e. The zero-order valence-corrected chi connectivity index (χ0v) is 18.1. The highest BCUT2D eigenvalue weighted by Gasteiger charge is 2.31. The van der Waals surface area contributed by atoms with Gasteiger partial charge >= 0.3 is 0 Å². The average molecular weight is 410 g/mol. The highest BCUT2D eigenvalue weighted by molar-refractivity contribution is 5.95. The van der Waals surface area contributed by atoms with Crippen molar-refractivity contribution in [2.45, 2.75) is 39.7 Å². The van der Waals surface area contributed by atoms with Crippen LogP contribution in [0.1, 0.15) is 55.6 Å². The molecule has 6 heteroatoms. The molecule has 5 nitrogen and oxygen atoms in total. The lowest BCUT2D eigenvalue weighted by Gasteiger charge is -2.43. The summed E-state index contributed by atoms with van der Waals surface area (Å²) < 4.78 is 18.6. The molecule has 1 aliphatic heterocycles. The van der Waals surface area contributed by atoms with Crippen molar-refractivity contribution in [3.05, 3.63) is 65.0 Å². The van der Waals surface area contributed by atoms with Crippen molar-refractivity contribution in [2.24, 2.45) is 5.10 Å². The van der Waals surface area contributed by atoms with Crippen LogP contribution in [0.4, 0.5) is 10.1 Å². The number of nitrogens with zero attached hydrogens (tertiary/aromatic N) is 2. The fraction of sp³-hybridized carbons (Fsp3) is 0.333. The quantitative estimate of drug-likeness (QED) is 0.539. The summed E-state index contributed by atoms with van der Waals surface area (Å²) in [5.74, 6) is -0.118. The van der Waals surface area contributed by atoms with E-state index in [0.29, 0.717) is 11.3 Å². The van der Waals surface area contributed by atoms with E-state index in [9.17, 15) is 9.18 Å². The minimum absolute atomic E-state index is 0.0865. The topological polar surface area (TPSA) is 53.9 Å². The van der Waals surface area contributed by atoms with Gasteiger partial charge in [0.15, 0.2) is 0 Å². The van der Waals surface area contributed by atoms with Gasteiger partial charge < -0.3 is 9.64 Å². The highest BCUT2D eigenvalue weighted by atomic mass is 19.1.